The molecule has 2 N–H and O–H groups in total. The average molecular weight is 328 g/mol. The Morgan fingerprint density at radius 2 is 1.91 bits per heavy atom. The standard InChI is InChI=1S/C18H20N2O2S/c1-3-13(2)19-18(22)16(12-15-10-7-11-23-15)20-17(21)14-8-5-4-6-9-14/h4-13H,3H2,1-2H3,(H,19,22)(H,20,21)/b16-12-/t13-/m0/s1. The van der Waals surface area contributed by atoms with Gasteiger partial charge in [-0.25, -0.2) is 0 Å². The van der Waals surface area contributed by atoms with Crippen LogP contribution in [-0.2, 0) is 4.79 Å². The monoisotopic (exact) mass is 328 g/mol. The highest BCUT2D eigenvalue weighted by Crippen LogP contribution is 2.13. The Bertz CT molecular complexity index is 678. The van der Waals surface area contributed by atoms with Gasteiger partial charge in [0.15, 0.2) is 0 Å². The van der Waals surface area contributed by atoms with Gasteiger partial charge in [-0.3, -0.25) is 9.59 Å². The lowest BCUT2D eigenvalue weighted by atomic mass is 10.2. The Hall–Kier alpha value is -2.40. The van der Waals surface area contributed by atoms with Crippen molar-refractivity contribution in [2.75, 3.05) is 0 Å². The molecule has 23 heavy (non-hydrogen) atoms. The van der Waals surface area contributed by atoms with Gasteiger partial charge in [-0.2, -0.15) is 0 Å². The second-order valence-corrected chi connectivity index (χ2v) is 6.16. The van der Waals surface area contributed by atoms with Gasteiger partial charge >= 0.3 is 0 Å². The maximum Gasteiger partial charge on any atom is 0.268 e. The minimum Gasteiger partial charge on any atom is -0.348 e. The Labute approximate surface area is 140 Å². The lowest BCUT2D eigenvalue weighted by molar-refractivity contribution is -0.118. The minimum atomic E-state index is -0.298. The van der Waals surface area contributed by atoms with Gasteiger partial charge in [0.25, 0.3) is 11.8 Å². The third kappa shape index (κ3) is 5.07. The summed E-state index contributed by atoms with van der Waals surface area (Å²) < 4.78 is 0. The number of benzene rings is 1. The molecule has 0 bridgehead atoms. The van der Waals surface area contributed by atoms with E-state index in [1.807, 2.05) is 37.4 Å². The number of nitrogens with one attached hydrogen (secondary N) is 2. The quantitative estimate of drug-likeness (QED) is 0.798. The van der Waals surface area contributed by atoms with Crippen LogP contribution in [-0.4, -0.2) is 17.9 Å². The highest BCUT2D eigenvalue weighted by molar-refractivity contribution is 7.10. The van der Waals surface area contributed by atoms with Gasteiger partial charge < -0.3 is 10.6 Å². The molecule has 1 heterocycles. The third-order valence-electron chi connectivity index (χ3n) is 3.35. The Morgan fingerprint density at radius 3 is 2.52 bits per heavy atom. The van der Waals surface area contributed by atoms with Crippen molar-refractivity contribution < 1.29 is 9.59 Å². The predicted octanol–water partition coefficient (Wildman–Crippen LogP) is 3.43. The number of hydrogen-bond acceptors (Lipinski definition) is 3. The Kier molecular flexibility index (Phi) is 6.11. The van der Waals surface area contributed by atoms with E-state index in [2.05, 4.69) is 10.6 Å². The van der Waals surface area contributed by atoms with E-state index in [1.54, 1.807) is 30.3 Å². The van der Waals surface area contributed by atoms with Crippen LogP contribution in [0.25, 0.3) is 6.08 Å². The first-order chi connectivity index (χ1) is 11.1. The van der Waals surface area contributed by atoms with Crippen LogP contribution in [0.15, 0.2) is 53.5 Å². The normalized spacial score (nSPS) is 12.5. The summed E-state index contributed by atoms with van der Waals surface area (Å²) >= 11 is 1.51. The maximum absolute atomic E-state index is 12.4. The van der Waals surface area contributed by atoms with Gasteiger partial charge in [-0.15, -0.1) is 11.3 Å². The number of carbonyl (C=O) groups excluding carboxylic acids is 2. The highest BCUT2D eigenvalue weighted by Gasteiger charge is 2.16. The van der Waals surface area contributed by atoms with Crippen molar-refractivity contribution >= 4 is 29.2 Å². The topological polar surface area (TPSA) is 58.2 Å². The average Bonchev–Trinajstić information content (AvgIpc) is 3.07. The van der Waals surface area contributed by atoms with Gasteiger partial charge in [0, 0.05) is 16.5 Å². The molecule has 1 aromatic carbocycles. The fraction of sp³-hybridized carbons (Fsp3) is 0.222. The molecule has 2 rings (SSSR count). The second-order valence-electron chi connectivity index (χ2n) is 5.18. The molecule has 2 amide bonds. The molecule has 1 aromatic heterocycles. The molecule has 0 unspecified atom stereocenters. The number of hydrogen-bond donors (Lipinski definition) is 2. The van der Waals surface area contributed by atoms with Crippen LogP contribution in [0.1, 0.15) is 35.5 Å². The molecule has 0 aliphatic heterocycles. The Balaban J connectivity index is 2.20. The Morgan fingerprint density at radius 1 is 1.17 bits per heavy atom. The molecule has 4 nitrogen and oxygen atoms in total. The summed E-state index contributed by atoms with van der Waals surface area (Å²) in [7, 11) is 0. The van der Waals surface area contributed by atoms with E-state index >= 15 is 0 Å². The summed E-state index contributed by atoms with van der Waals surface area (Å²) in [6.07, 6.45) is 2.52. The molecule has 0 spiro atoms. The van der Waals surface area contributed by atoms with Crippen LogP contribution in [0.2, 0.25) is 0 Å². The molecular formula is C18H20N2O2S. The van der Waals surface area contributed by atoms with Gasteiger partial charge in [0.2, 0.25) is 0 Å². The zero-order valence-electron chi connectivity index (χ0n) is 13.2. The van der Waals surface area contributed by atoms with Crippen molar-refractivity contribution in [2.45, 2.75) is 26.3 Å². The van der Waals surface area contributed by atoms with E-state index in [9.17, 15) is 9.59 Å². The molecule has 120 valence electrons. The van der Waals surface area contributed by atoms with Gasteiger partial charge in [0.05, 0.1) is 0 Å². The summed E-state index contributed by atoms with van der Waals surface area (Å²) in [6.45, 7) is 3.93. The molecule has 2 aromatic rings. The molecule has 0 saturated carbocycles. The molecule has 0 saturated heterocycles. The SMILES string of the molecule is CC[C@H](C)NC(=O)/C(=C/c1cccs1)NC(=O)c1ccccc1. The summed E-state index contributed by atoms with van der Waals surface area (Å²) in [5, 5.41) is 7.52. The lowest BCUT2D eigenvalue weighted by Crippen LogP contribution is -2.38. The number of amides is 2. The van der Waals surface area contributed by atoms with Crippen LogP contribution in [0.4, 0.5) is 0 Å². The molecule has 5 heteroatoms. The van der Waals surface area contributed by atoms with Crippen molar-refractivity contribution in [1.29, 1.82) is 0 Å². The van der Waals surface area contributed by atoms with E-state index < -0.39 is 0 Å². The zero-order valence-corrected chi connectivity index (χ0v) is 14.0. The van der Waals surface area contributed by atoms with Crippen molar-refractivity contribution in [3.8, 4) is 0 Å². The van der Waals surface area contributed by atoms with E-state index in [1.165, 1.54) is 11.3 Å². The summed E-state index contributed by atoms with van der Waals surface area (Å²) in [5.41, 5.74) is 0.766. The van der Waals surface area contributed by atoms with E-state index in [0.29, 0.717) is 5.56 Å². The summed E-state index contributed by atoms with van der Waals surface area (Å²) in [5.74, 6) is -0.579. The van der Waals surface area contributed by atoms with Gasteiger partial charge in [-0.1, -0.05) is 31.2 Å². The molecule has 0 aliphatic carbocycles. The minimum absolute atomic E-state index is 0.0443. The number of carbonyl (C=O) groups is 2. The van der Waals surface area contributed by atoms with Crippen LogP contribution in [0.5, 0.6) is 0 Å². The summed E-state index contributed by atoms with van der Waals surface area (Å²) in [4.78, 5) is 25.6. The smallest absolute Gasteiger partial charge is 0.268 e. The van der Waals surface area contributed by atoms with Crippen molar-refractivity contribution in [2.24, 2.45) is 0 Å². The number of rotatable bonds is 6. The predicted molar refractivity (Wildman–Crippen MR) is 94.1 cm³/mol. The van der Waals surface area contributed by atoms with Crippen molar-refractivity contribution in [3.05, 3.63) is 64.0 Å². The second kappa shape index (κ2) is 8.29. The van der Waals surface area contributed by atoms with Crippen LogP contribution in [0, 0.1) is 0 Å². The zero-order chi connectivity index (χ0) is 16.7. The third-order valence-corrected chi connectivity index (χ3v) is 4.17. The van der Waals surface area contributed by atoms with E-state index in [-0.39, 0.29) is 23.6 Å². The van der Waals surface area contributed by atoms with Crippen molar-refractivity contribution in [3.63, 3.8) is 0 Å². The van der Waals surface area contributed by atoms with E-state index in [0.717, 1.165) is 11.3 Å². The fourth-order valence-corrected chi connectivity index (χ4v) is 2.52. The first-order valence-corrected chi connectivity index (χ1v) is 8.40. The van der Waals surface area contributed by atoms with Gasteiger partial charge in [0.1, 0.15) is 5.70 Å². The molecular weight excluding hydrogens is 308 g/mol. The van der Waals surface area contributed by atoms with Crippen LogP contribution in [0.3, 0.4) is 0 Å². The largest absolute Gasteiger partial charge is 0.348 e. The van der Waals surface area contributed by atoms with Crippen LogP contribution < -0.4 is 10.6 Å². The first kappa shape index (κ1) is 17.0. The molecule has 0 aliphatic rings. The maximum atomic E-state index is 12.4. The van der Waals surface area contributed by atoms with Crippen LogP contribution >= 0.6 is 11.3 Å². The molecule has 0 radical (unpaired) electrons. The highest BCUT2D eigenvalue weighted by atomic mass is 32.1. The molecule has 1 atom stereocenters. The van der Waals surface area contributed by atoms with Crippen molar-refractivity contribution in [1.82, 2.24) is 10.6 Å². The lowest BCUT2D eigenvalue weighted by Gasteiger charge is -2.14. The summed E-state index contributed by atoms with van der Waals surface area (Å²) in [6, 6.07) is 12.7. The first-order valence-electron chi connectivity index (χ1n) is 7.52. The van der Waals surface area contributed by atoms with E-state index in [4.69, 9.17) is 0 Å². The van der Waals surface area contributed by atoms with Gasteiger partial charge in [-0.05, 0) is 43.0 Å². The molecule has 0 fully saturated rings. The fourth-order valence-electron chi connectivity index (χ4n) is 1.86. The number of thiophene rings is 1.